The number of benzene rings is 1. The quantitative estimate of drug-likeness (QED) is 0.895. The minimum Gasteiger partial charge on any atom is -0.371 e. The van der Waals surface area contributed by atoms with E-state index in [1.54, 1.807) is 0 Å². The fourth-order valence-corrected chi connectivity index (χ4v) is 3.34. The Balaban J connectivity index is 2.11. The fourth-order valence-electron chi connectivity index (χ4n) is 3.18. The summed E-state index contributed by atoms with van der Waals surface area (Å²) in [6, 6.07) is 6.66. The van der Waals surface area contributed by atoms with Crippen molar-refractivity contribution >= 4 is 17.3 Å². The third-order valence-electron chi connectivity index (χ3n) is 4.59. The fraction of sp³-hybridized carbons (Fsp3) is 0.625. The van der Waals surface area contributed by atoms with Gasteiger partial charge in [-0.25, -0.2) is 0 Å². The molecule has 2 rings (SSSR count). The van der Waals surface area contributed by atoms with E-state index in [-0.39, 0.29) is 0 Å². The van der Waals surface area contributed by atoms with Crippen LogP contribution in [0.3, 0.4) is 0 Å². The summed E-state index contributed by atoms with van der Waals surface area (Å²) in [6.45, 7) is 2.87. The smallest absolute Gasteiger partial charge is 0.0426 e. The highest BCUT2D eigenvalue weighted by Crippen LogP contribution is 2.33. The largest absolute Gasteiger partial charge is 0.371 e. The van der Waals surface area contributed by atoms with Crippen LogP contribution in [0.25, 0.3) is 0 Å². The Hall–Kier alpha value is -0.730. The van der Waals surface area contributed by atoms with Gasteiger partial charge in [-0.2, -0.15) is 0 Å². The van der Waals surface area contributed by atoms with Gasteiger partial charge in [-0.1, -0.05) is 31.0 Å². The van der Waals surface area contributed by atoms with E-state index in [2.05, 4.69) is 24.9 Å². The first kappa shape index (κ1) is 14.7. The van der Waals surface area contributed by atoms with Gasteiger partial charge in [-0.3, -0.25) is 0 Å². The maximum absolute atomic E-state index is 6.13. The molecule has 0 radical (unpaired) electrons. The van der Waals surface area contributed by atoms with Crippen LogP contribution in [0.15, 0.2) is 18.2 Å². The van der Waals surface area contributed by atoms with Crippen LogP contribution in [0.4, 0.5) is 5.69 Å². The molecule has 2 N–H and O–H groups in total. The summed E-state index contributed by atoms with van der Waals surface area (Å²) < 4.78 is 0. The van der Waals surface area contributed by atoms with Crippen molar-refractivity contribution in [1.82, 2.24) is 0 Å². The number of nitrogens with two attached hydrogens (primary N) is 1. The average Bonchev–Trinajstić information content (AvgIpc) is 2.46. The maximum atomic E-state index is 6.13. The van der Waals surface area contributed by atoms with Gasteiger partial charge in [0, 0.05) is 30.3 Å². The standard InChI is InChI=1S/C16H25ClN2/c1-3-12-4-8-15(9-5-12)19(2)16-10-14(17)7-6-13(16)11-18/h6-7,10,12,15H,3-5,8-9,11,18H2,1-2H3. The molecule has 1 fully saturated rings. The lowest BCUT2D eigenvalue weighted by molar-refractivity contribution is 0.313. The molecule has 1 aliphatic carbocycles. The van der Waals surface area contributed by atoms with Crippen molar-refractivity contribution in [2.45, 2.75) is 51.6 Å². The number of halogens is 1. The Kier molecular flexibility index (Phi) is 5.12. The van der Waals surface area contributed by atoms with E-state index in [0.29, 0.717) is 12.6 Å². The number of anilines is 1. The molecule has 0 aliphatic heterocycles. The Labute approximate surface area is 121 Å². The van der Waals surface area contributed by atoms with Crippen LogP contribution in [0, 0.1) is 5.92 Å². The van der Waals surface area contributed by atoms with Crippen LogP contribution in [0.1, 0.15) is 44.6 Å². The minimum absolute atomic E-state index is 0.571. The average molecular weight is 281 g/mol. The summed E-state index contributed by atoms with van der Waals surface area (Å²) in [7, 11) is 2.18. The first-order valence-electron chi connectivity index (χ1n) is 7.37. The maximum Gasteiger partial charge on any atom is 0.0426 e. The van der Waals surface area contributed by atoms with Gasteiger partial charge in [0.05, 0.1) is 0 Å². The van der Waals surface area contributed by atoms with E-state index < -0.39 is 0 Å². The highest BCUT2D eigenvalue weighted by atomic mass is 35.5. The Morgan fingerprint density at radius 1 is 1.26 bits per heavy atom. The van der Waals surface area contributed by atoms with E-state index in [0.717, 1.165) is 10.9 Å². The molecule has 0 atom stereocenters. The van der Waals surface area contributed by atoms with Crippen LogP contribution < -0.4 is 10.6 Å². The van der Waals surface area contributed by atoms with E-state index in [1.807, 2.05) is 12.1 Å². The highest BCUT2D eigenvalue weighted by Gasteiger charge is 2.24. The normalized spacial score (nSPS) is 23.4. The van der Waals surface area contributed by atoms with Crippen molar-refractivity contribution in [2.24, 2.45) is 11.7 Å². The molecular formula is C16H25ClN2. The summed E-state index contributed by atoms with van der Waals surface area (Å²) in [4.78, 5) is 2.39. The summed E-state index contributed by atoms with van der Waals surface area (Å²) in [5.41, 5.74) is 8.23. The lowest BCUT2D eigenvalue weighted by atomic mass is 9.84. The van der Waals surface area contributed by atoms with Gasteiger partial charge >= 0.3 is 0 Å². The molecule has 1 aliphatic rings. The number of hydrogen-bond donors (Lipinski definition) is 1. The molecule has 0 amide bonds. The van der Waals surface area contributed by atoms with Gasteiger partial charge in [0.2, 0.25) is 0 Å². The van der Waals surface area contributed by atoms with Crippen molar-refractivity contribution < 1.29 is 0 Å². The van der Waals surface area contributed by atoms with Crippen molar-refractivity contribution in [3.63, 3.8) is 0 Å². The minimum atomic E-state index is 0.571. The first-order valence-corrected chi connectivity index (χ1v) is 7.74. The SMILES string of the molecule is CCC1CCC(N(C)c2cc(Cl)ccc2CN)CC1. The topological polar surface area (TPSA) is 29.3 Å². The first-order chi connectivity index (χ1) is 9.15. The molecule has 1 saturated carbocycles. The van der Waals surface area contributed by atoms with Crippen molar-refractivity contribution in [2.75, 3.05) is 11.9 Å². The number of rotatable bonds is 4. The molecule has 1 aromatic rings. The third-order valence-corrected chi connectivity index (χ3v) is 4.82. The van der Waals surface area contributed by atoms with Gasteiger partial charge in [-0.05, 0) is 49.3 Å². The summed E-state index contributed by atoms with van der Waals surface area (Å²) in [5, 5.41) is 0.793. The zero-order chi connectivity index (χ0) is 13.8. The molecule has 0 spiro atoms. The van der Waals surface area contributed by atoms with E-state index >= 15 is 0 Å². The van der Waals surface area contributed by atoms with Crippen molar-refractivity contribution in [1.29, 1.82) is 0 Å². The van der Waals surface area contributed by atoms with Crippen LogP contribution in [0.5, 0.6) is 0 Å². The molecule has 106 valence electrons. The van der Waals surface area contributed by atoms with Crippen LogP contribution in [-0.2, 0) is 6.54 Å². The second kappa shape index (κ2) is 6.62. The third kappa shape index (κ3) is 3.43. The van der Waals surface area contributed by atoms with Gasteiger partial charge in [-0.15, -0.1) is 0 Å². The van der Waals surface area contributed by atoms with E-state index in [1.165, 1.54) is 43.4 Å². The van der Waals surface area contributed by atoms with Crippen LogP contribution in [-0.4, -0.2) is 13.1 Å². The molecule has 3 heteroatoms. The lowest BCUT2D eigenvalue weighted by Crippen LogP contribution is -2.35. The van der Waals surface area contributed by atoms with Gasteiger partial charge in [0.1, 0.15) is 0 Å². The molecule has 0 aromatic heterocycles. The number of hydrogen-bond acceptors (Lipinski definition) is 2. The molecule has 0 unspecified atom stereocenters. The zero-order valence-corrected chi connectivity index (χ0v) is 12.8. The molecule has 0 bridgehead atoms. The van der Waals surface area contributed by atoms with Crippen LogP contribution in [0.2, 0.25) is 5.02 Å². The van der Waals surface area contributed by atoms with E-state index in [4.69, 9.17) is 17.3 Å². The lowest BCUT2D eigenvalue weighted by Gasteiger charge is -2.36. The summed E-state index contributed by atoms with van der Waals surface area (Å²) in [6.07, 6.45) is 6.59. The predicted molar refractivity (Wildman–Crippen MR) is 83.8 cm³/mol. The van der Waals surface area contributed by atoms with E-state index in [9.17, 15) is 0 Å². The van der Waals surface area contributed by atoms with Gasteiger partial charge in [0.15, 0.2) is 0 Å². The molecule has 0 saturated heterocycles. The summed E-state index contributed by atoms with van der Waals surface area (Å²) in [5.74, 6) is 0.929. The second-order valence-corrected chi connectivity index (χ2v) is 6.11. The Morgan fingerprint density at radius 2 is 1.95 bits per heavy atom. The molecule has 0 heterocycles. The van der Waals surface area contributed by atoms with Crippen LogP contribution >= 0.6 is 11.6 Å². The van der Waals surface area contributed by atoms with Crippen molar-refractivity contribution in [3.8, 4) is 0 Å². The van der Waals surface area contributed by atoms with Gasteiger partial charge < -0.3 is 10.6 Å². The Bertz CT molecular complexity index is 411. The zero-order valence-electron chi connectivity index (χ0n) is 12.0. The van der Waals surface area contributed by atoms with Gasteiger partial charge in [0.25, 0.3) is 0 Å². The molecule has 19 heavy (non-hydrogen) atoms. The molecule has 2 nitrogen and oxygen atoms in total. The number of nitrogens with zero attached hydrogens (tertiary/aromatic N) is 1. The molecule has 1 aromatic carbocycles. The highest BCUT2D eigenvalue weighted by molar-refractivity contribution is 6.30. The monoisotopic (exact) mass is 280 g/mol. The van der Waals surface area contributed by atoms with Crippen molar-refractivity contribution in [3.05, 3.63) is 28.8 Å². The predicted octanol–water partition coefficient (Wildman–Crippen LogP) is 4.20. The molecular weight excluding hydrogens is 256 g/mol. The summed E-state index contributed by atoms with van der Waals surface area (Å²) >= 11 is 6.13. The Morgan fingerprint density at radius 3 is 2.53 bits per heavy atom. The second-order valence-electron chi connectivity index (χ2n) is 5.67.